The molecule has 0 aromatic carbocycles. The molecule has 6 nitrogen and oxygen atoms in total. The smallest absolute Gasteiger partial charge is 0.191 e. The van der Waals surface area contributed by atoms with Gasteiger partial charge in [0.2, 0.25) is 0 Å². The van der Waals surface area contributed by atoms with Gasteiger partial charge < -0.3 is 20.1 Å². The number of nitrogens with one attached hydrogen (secondary N) is 2. The number of hydrogen-bond acceptors (Lipinski definition) is 4. The Morgan fingerprint density at radius 1 is 1.23 bits per heavy atom. The van der Waals surface area contributed by atoms with E-state index in [1.165, 1.54) is 0 Å². The molecule has 0 radical (unpaired) electrons. The summed E-state index contributed by atoms with van der Waals surface area (Å²) in [7, 11) is -0.689. The van der Waals surface area contributed by atoms with Crippen molar-refractivity contribution in [3.8, 4) is 0 Å². The van der Waals surface area contributed by atoms with E-state index in [0.29, 0.717) is 17.4 Å². The third-order valence-corrected chi connectivity index (χ3v) is 6.80. The van der Waals surface area contributed by atoms with Gasteiger partial charge in [0.15, 0.2) is 5.96 Å². The van der Waals surface area contributed by atoms with Crippen LogP contribution < -0.4 is 10.6 Å². The quantitative estimate of drug-likeness (QED) is 0.361. The second-order valence-corrected chi connectivity index (χ2v) is 9.10. The van der Waals surface area contributed by atoms with Crippen LogP contribution in [0, 0.1) is 0 Å². The summed E-state index contributed by atoms with van der Waals surface area (Å²) in [6.45, 7) is 8.11. The standard InChI is InChI=1S/C19H37N3O3S/c1-3-20-19(21-11-6-12-25-17-9-13-24-14-10-17)22-16-7-5-8-18(15-16)26(23)4-2/h16-18H,3-15H2,1-2H3,(H2,20,21,22). The van der Waals surface area contributed by atoms with E-state index in [4.69, 9.17) is 14.5 Å². The van der Waals surface area contributed by atoms with Crippen molar-refractivity contribution in [1.82, 2.24) is 10.6 Å². The number of aliphatic imine (C=N–C) groups is 1. The van der Waals surface area contributed by atoms with E-state index in [-0.39, 0.29) is 0 Å². The van der Waals surface area contributed by atoms with Gasteiger partial charge in [-0.25, -0.2) is 0 Å². The van der Waals surface area contributed by atoms with Crippen molar-refractivity contribution in [2.24, 2.45) is 4.99 Å². The lowest BCUT2D eigenvalue weighted by Crippen LogP contribution is -2.46. The predicted molar refractivity (Wildman–Crippen MR) is 108 cm³/mol. The van der Waals surface area contributed by atoms with Crippen molar-refractivity contribution in [3.63, 3.8) is 0 Å². The molecule has 1 aliphatic carbocycles. The van der Waals surface area contributed by atoms with Crippen LogP contribution in [-0.4, -0.2) is 66.2 Å². The fraction of sp³-hybridized carbons (Fsp3) is 0.947. The van der Waals surface area contributed by atoms with Crippen LogP contribution >= 0.6 is 0 Å². The lowest BCUT2D eigenvalue weighted by atomic mass is 9.95. The summed E-state index contributed by atoms with van der Waals surface area (Å²) in [6.07, 6.45) is 7.67. The molecule has 0 aromatic rings. The Hall–Kier alpha value is -0.660. The summed E-state index contributed by atoms with van der Waals surface area (Å²) < 4.78 is 23.4. The van der Waals surface area contributed by atoms with Crippen LogP contribution in [0.4, 0.5) is 0 Å². The average molecular weight is 388 g/mol. The van der Waals surface area contributed by atoms with Crippen LogP contribution in [-0.2, 0) is 20.3 Å². The molecule has 1 saturated heterocycles. The Morgan fingerprint density at radius 3 is 2.77 bits per heavy atom. The van der Waals surface area contributed by atoms with E-state index in [2.05, 4.69) is 17.6 Å². The van der Waals surface area contributed by atoms with Gasteiger partial charge in [-0.15, -0.1) is 0 Å². The average Bonchev–Trinajstić information content (AvgIpc) is 2.68. The van der Waals surface area contributed by atoms with E-state index in [0.717, 1.165) is 89.6 Å². The molecule has 2 N–H and O–H groups in total. The van der Waals surface area contributed by atoms with Gasteiger partial charge in [-0.05, 0) is 45.4 Å². The zero-order valence-electron chi connectivity index (χ0n) is 16.5. The third-order valence-electron chi connectivity index (χ3n) is 5.06. The maximum Gasteiger partial charge on any atom is 0.191 e. The van der Waals surface area contributed by atoms with Crippen LogP contribution in [0.5, 0.6) is 0 Å². The molecule has 2 rings (SSSR count). The first kappa shape index (κ1) is 21.6. The van der Waals surface area contributed by atoms with Crippen LogP contribution in [0.3, 0.4) is 0 Å². The second kappa shape index (κ2) is 12.7. The van der Waals surface area contributed by atoms with Gasteiger partial charge in [0.25, 0.3) is 0 Å². The van der Waals surface area contributed by atoms with Gasteiger partial charge in [-0.3, -0.25) is 9.20 Å². The van der Waals surface area contributed by atoms with Crippen LogP contribution in [0.15, 0.2) is 4.99 Å². The van der Waals surface area contributed by atoms with Crippen molar-refractivity contribution in [2.45, 2.75) is 76.2 Å². The minimum Gasteiger partial charge on any atom is -0.381 e. The molecule has 0 aromatic heterocycles. The minimum atomic E-state index is -0.689. The van der Waals surface area contributed by atoms with E-state index >= 15 is 0 Å². The zero-order valence-corrected chi connectivity index (χ0v) is 17.3. The van der Waals surface area contributed by atoms with Crippen LogP contribution in [0.25, 0.3) is 0 Å². The SMILES string of the molecule is CCNC(=NCCCOC1CCOCC1)NC1CCCC(S(=O)CC)C1. The molecule has 3 unspecified atom stereocenters. The van der Waals surface area contributed by atoms with Crippen LogP contribution in [0.2, 0.25) is 0 Å². The number of rotatable bonds is 9. The van der Waals surface area contributed by atoms with Crippen molar-refractivity contribution < 1.29 is 13.7 Å². The Balaban J connectivity index is 1.70. The molecule has 2 aliphatic rings. The topological polar surface area (TPSA) is 72.0 Å². The highest BCUT2D eigenvalue weighted by Gasteiger charge is 2.26. The van der Waals surface area contributed by atoms with Crippen molar-refractivity contribution in [1.29, 1.82) is 0 Å². The minimum absolute atomic E-state index is 0.335. The monoisotopic (exact) mass is 387 g/mol. The highest BCUT2D eigenvalue weighted by Crippen LogP contribution is 2.23. The highest BCUT2D eigenvalue weighted by atomic mass is 32.2. The lowest BCUT2D eigenvalue weighted by Gasteiger charge is -2.30. The molecule has 1 heterocycles. The second-order valence-electron chi connectivity index (χ2n) is 7.10. The van der Waals surface area contributed by atoms with Gasteiger partial charge >= 0.3 is 0 Å². The lowest BCUT2D eigenvalue weighted by molar-refractivity contribution is -0.0318. The maximum absolute atomic E-state index is 12.1. The molecule has 2 fully saturated rings. The normalized spacial score (nSPS) is 26.5. The molecule has 26 heavy (non-hydrogen) atoms. The Labute approximate surface area is 161 Å². The fourth-order valence-corrected chi connectivity index (χ4v) is 4.96. The van der Waals surface area contributed by atoms with Gasteiger partial charge in [-0.2, -0.15) is 0 Å². The van der Waals surface area contributed by atoms with Gasteiger partial charge in [0, 0.05) is 60.8 Å². The van der Waals surface area contributed by atoms with Crippen molar-refractivity contribution in [3.05, 3.63) is 0 Å². The highest BCUT2D eigenvalue weighted by molar-refractivity contribution is 7.85. The molecular formula is C19H37N3O3S. The van der Waals surface area contributed by atoms with Crippen molar-refractivity contribution >= 4 is 16.8 Å². The molecule has 0 amide bonds. The first-order chi connectivity index (χ1) is 12.7. The summed E-state index contributed by atoms with van der Waals surface area (Å²) in [6, 6.07) is 0.375. The number of nitrogens with zero attached hydrogens (tertiary/aromatic N) is 1. The van der Waals surface area contributed by atoms with E-state index in [9.17, 15) is 4.21 Å². The number of guanidine groups is 1. The Morgan fingerprint density at radius 2 is 2.04 bits per heavy atom. The first-order valence-corrected chi connectivity index (χ1v) is 11.7. The third kappa shape index (κ3) is 7.92. The largest absolute Gasteiger partial charge is 0.381 e. The summed E-state index contributed by atoms with van der Waals surface area (Å²) in [5.74, 6) is 1.64. The van der Waals surface area contributed by atoms with Gasteiger partial charge in [0.05, 0.1) is 6.10 Å². The van der Waals surface area contributed by atoms with E-state index in [1.807, 2.05) is 6.92 Å². The summed E-state index contributed by atoms with van der Waals surface area (Å²) in [5.41, 5.74) is 0. The molecule has 0 spiro atoms. The molecule has 3 atom stereocenters. The Kier molecular flexibility index (Phi) is 10.6. The number of ether oxygens (including phenoxy) is 2. The first-order valence-electron chi connectivity index (χ1n) is 10.3. The van der Waals surface area contributed by atoms with E-state index < -0.39 is 10.8 Å². The van der Waals surface area contributed by atoms with Gasteiger partial charge in [0.1, 0.15) is 0 Å². The predicted octanol–water partition coefficient (Wildman–Crippen LogP) is 2.21. The Bertz CT molecular complexity index is 442. The number of hydrogen-bond donors (Lipinski definition) is 2. The molecule has 152 valence electrons. The fourth-order valence-electron chi connectivity index (χ4n) is 3.61. The maximum atomic E-state index is 12.1. The summed E-state index contributed by atoms with van der Waals surface area (Å²) in [4.78, 5) is 4.69. The molecule has 7 heteroatoms. The van der Waals surface area contributed by atoms with Gasteiger partial charge in [-0.1, -0.05) is 13.3 Å². The molecule has 1 aliphatic heterocycles. The van der Waals surface area contributed by atoms with Crippen molar-refractivity contribution in [2.75, 3.05) is 38.7 Å². The zero-order chi connectivity index (χ0) is 18.6. The summed E-state index contributed by atoms with van der Waals surface area (Å²) >= 11 is 0. The molecule has 1 saturated carbocycles. The van der Waals surface area contributed by atoms with E-state index in [1.54, 1.807) is 0 Å². The molecular weight excluding hydrogens is 350 g/mol. The molecule has 0 bridgehead atoms. The summed E-state index contributed by atoms with van der Waals surface area (Å²) in [5, 5.41) is 7.22. The van der Waals surface area contributed by atoms with Crippen LogP contribution in [0.1, 0.15) is 58.8 Å².